The van der Waals surface area contributed by atoms with Crippen LogP contribution in [0.4, 0.5) is 0 Å². The first-order valence-electron chi connectivity index (χ1n) is 3.77. The molecule has 0 aliphatic carbocycles. The predicted molar refractivity (Wildman–Crippen MR) is 44.1 cm³/mol. The van der Waals surface area contributed by atoms with E-state index in [-0.39, 0.29) is 12.6 Å². The number of ether oxygens (including phenoxy) is 2. The van der Waals surface area contributed by atoms with Gasteiger partial charge in [0.1, 0.15) is 6.23 Å². The van der Waals surface area contributed by atoms with Gasteiger partial charge in [0.2, 0.25) is 0 Å². The molecule has 2 atom stereocenters. The normalized spacial score (nSPS) is 16.4. The van der Waals surface area contributed by atoms with Crippen LogP contribution in [0.2, 0.25) is 0 Å². The first-order chi connectivity index (χ1) is 5.28. The monoisotopic (exact) mass is 162 g/mol. The third-order valence-electron chi connectivity index (χ3n) is 1.49. The Morgan fingerprint density at radius 2 is 1.91 bits per heavy atom. The molecule has 11 heavy (non-hydrogen) atoms. The summed E-state index contributed by atoms with van der Waals surface area (Å²) in [7, 11) is 5.13. The standard InChI is InChI=1S/C7H18N2O2/c1-5-6(10-3)9-7(8-2)11-4/h6-9H,5H2,1-4H3. The number of methoxy groups -OCH3 is 2. The lowest BCUT2D eigenvalue weighted by Crippen LogP contribution is -2.47. The molecule has 0 aromatic carbocycles. The molecule has 4 nitrogen and oxygen atoms in total. The molecule has 0 aliphatic heterocycles. The fourth-order valence-corrected chi connectivity index (χ4v) is 0.791. The molecule has 4 heteroatoms. The van der Waals surface area contributed by atoms with Gasteiger partial charge in [-0.2, -0.15) is 0 Å². The van der Waals surface area contributed by atoms with Crippen molar-refractivity contribution in [3.8, 4) is 0 Å². The maximum atomic E-state index is 5.10. The summed E-state index contributed by atoms with van der Waals surface area (Å²) in [6, 6.07) is 0. The van der Waals surface area contributed by atoms with Gasteiger partial charge in [0, 0.05) is 14.2 Å². The predicted octanol–water partition coefficient (Wildman–Crippen LogP) is 0.108. The molecule has 0 saturated heterocycles. The third-order valence-corrected chi connectivity index (χ3v) is 1.49. The van der Waals surface area contributed by atoms with Gasteiger partial charge in [0.05, 0.1) is 0 Å². The highest BCUT2D eigenvalue weighted by Gasteiger charge is 2.09. The second kappa shape index (κ2) is 6.54. The van der Waals surface area contributed by atoms with Crippen molar-refractivity contribution in [1.82, 2.24) is 10.6 Å². The summed E-state index contributed by atoms with van der Waals surface area (Å²) in [6.45, 7) is 2.05. The van der Waals surface area contributed by atoms with Crippen molar-refractivity contribution in [2.24, 2.45) is 0 Å². The third kappa shape index (κ3) is 4.31. The van der Waals surface area contributed by atoms with E-state index in [1.807, 2.05) is 14.0 Å². The van der Waals surface area contributed by atoms with Crippen molar-refractivity contribution >= 4 is 0 Å². The zero-order valence-corrected chi connectivity index (χ0v) is 7.68. The molecule has 0 aromatic heterocycles. The number of rotatable bonds is 6. The lowest BCUT2D eigenvalue weighted by molar-refractivity contribution is -0.0226. The molecular weight excluding hydrogens is 144 g/mol. The largest absolute Gasteiger partial charge is 0.366 e. The van der Waals surface area contributed by atoms with E-state index in [1.54, 1.807) is 14.2 Å². The van der Waals surface area contributed by atoms with Crippen molar-refractivity contribution in [1.29, 1.82) is 0 Å². The summed E-state index contributed by atoms with van der Waals surface area (Å²) in [4.78, 5) is 0. The Bertz CT molecular complexity index is 72.5. The average molecular weight is 162 g/mol. The zero-order valence-electron chi connectivity index (χ0n) is 7.68. The summed E-state index contributed by atoms with van der Waals surface area (Å²) in [5, 5.41) is 6.03. The van der Waals surface area contributed by atoms with Crippen LogP contribution in [0, 0.1) is 0 Å². The highest BCUT2D eigenvalue weighted by molar-refractivity contribution is 4.54. The SMILES string of the molecule is CCC(NC(NC)OC)OC. The topological polar surface area (TPSA) is 42.5 Å². The smallest absolute Gasteiger partial charge is 0.164 e. The second-order valence-electron chi connectivity index (χ2n) is 2.20. The van der Waals surface area contributed by atoms with Crippen LogP contribution < -0.4 is 10.6 Å². The van der Waals surface area contributed by atoms with E-state index in [4.69, 9.17) is 9.47 Å². The quantitative estimate of drug-likeness (QED) is 0.544. The van der Waals surface area contributed by atoms with Gasteiger partial charge in [-0.3, -0.25) is 10.6 Å². The van der Waals surface area contributed by atoms with Gasteiger partial charge >= 0.3 is 0 Å². The van der Waals surface area contributed by atoms with E-state index in [0.29, 0.717) is 0 Å². The number of nitrogens with one attached hydrogen (secondary N) is 2. The first kappa shape index (κ1) is 10.8. The Hall–Kier alpha value is -0.160. The first-order valence-corrected chi connectivity index (χ1v) is 3.77. The molecule has 0 aromatic rings. The molecule has 68 valence electrons. The summed E-state index contributed by atoms with van der Waals surface area (Å²) in [6.07, 6.45) is 0.824. The number of hydrogen-bond donors (Lipinski definition) is 2. The maximum absolute atomic E-state index is 5.10. The van der Waals surface area contributed by atoms with Crippen molar-refractivity contribution < 1.29 is 9.47 Å². The molecule has 2 unspecified atom stereocenters. The fourth-order valence-electron chi connectivity index (χ4n) is 0.791. The molecule has 0 bridgehead atoms. The van der Waals surface area contributed by atoms with Gasteiger partial charge in [-0.15, -0.1) is 0 Å². The molecule has 0 aliphatic rings. The van der Waals surface area contributed by atoms with E-state index in [0.717, 1.165) is 6.42 Å². The van der Waals surface area contributed by atoms with Gasteiger partial charge in [-0.1, -0.05) is 6.92 Å². The van der Waals surface area contributed by atoms with Crippen LogP contribution in [-0.2, 0) is 9.47 Å². The van der Waals surface area contributed by atoms with Crippen molar-refractivity contribution in [3.63, 3.8) is 0 Å². The minimum Gasteiger partial charge on any atom is -0.366 e. The summed E-state index contributed by atoms with van der Waals surface area (Å²) in [5.74, 6) is 0. The van der Waals surface area contributed by atoms with Gasteiger partial charge < -0.3 is 9.47 Å². The van der Waals surface area contributed by atoms with Crippen molar-refractivity contribution in [2.75, 3.05) is 21.3 Å². The van der Waals surface area contributed by atoms with Crippen LogP contribution >= 0.6 is 0 Å². The van der Waals surface area contributed by atoms with Gasteiger partial charge in [-0.05, 0) is 13.5 Å². The summed E-state index contributed by atoms with van der Waals surface area (Å²) in [5.41, 5.74) is 0. The van der Waals surface area contributed by atoms with E-state index in [9.17, 15) is 0 Å². The Morgan fingerprint density at radius 3 is 2.18 bits per heavy atom. The maximum Gasteiger partial charge on any atom is 0.164 e. The molecule has 0 saturated carbocycles. The molecule has 2 N–H and O–H groups in total. The van der Waals surface area contributed by atoms with Crippen LogP contribution in [0.5, 0.6) is 0 Å². The molecule has 0 heterocycles. The Morgan fingerprint density at radius 1 is 1.27 bits per heavy atom. The van der Waals surface area contributed by atoms with Crippen LogP contribution in [-0.4, -0.2) is 33.8 Å². The molecule has 0 radical (unpaired) electrons. The molecule has 0 amide bonds. The Balaban J connectivity index is 3.58. The Labute approximate surface area is 68.3 Å². The van der Waals surface area contributed by atoms with Gasteiger partial charge in [0.25, 0.3) is 0 Å². The van der Waals surface area contributed by atoms with Gasteiger partial charge in [-0.25, -0.2) is 0 Å². The molecular formula is C7H18N2O2. The minimum absolute atomic E-state index is 0.0485. The summed E-state index contributed by atoms with van der Waals surface area (Å²) < 4.78 is 10.1. The van der Waals surface area contributed by atoms with Crippen LogP contribution in [0.3, 0.4) is 0 Å². The van der Waals surface area contributed by atoms with E-state index >= 15 is 0 Å². The lowest BCUT2D eigenvalue weighted by Gasteiger charge is -2.21. The minimum atomic E-state index is -0.139. The molecule has 0 spiro atoms. The van der Waals surface area contributed by atoms with Crippen LogP contribution in [0.15, 0.2) is 0 Å². The lowest BCUT2D eigenvalue weighted by atomic mass is 10.4. The van der Waals surface area contributed by atoms with Crippen molar-refractivity contribution in [3.05, 3.63) is 0 Å². The zero-order chi connectivity index (χ0) is 8.69. The summed E-state index contributed by atoms with van der Waals surface area (Å²) >= 11 is 0. The van der Waals surface area contributed by atoms with E-state index in [2.05, 4.69) is 10.6 Å². The van der Waals surface area contributed by atoms with Gasteiger partial charge in [0.15, 0.2) is 6.35 Å². The highest BCUT2D eigenvalue weighted by atomic mass is 16.5. The molecule has 0 fully saturated rings. The van der Waals surface area contributed by atoms with E-state index < -0.39 is 0 Å². The fraction of sp³-hybridized carbons (Fsp3) is 1.00. The second-order valence-corrected chi connectivity index (χ2v) is 2.20. The van der Waals surface area contributed by atoms with E-state index in [1.165, 1.54) is 0 Å². The average Bonchev–Trinajstić information content (AvgIpc) is 2.07. The van der Waals surface area contributed by atoms with Crippen molar-refractivity contribution in [2.45, 2.75) is 25.9 Å². The molecule has 0 rings (SSSR count). The Kier molecular flexibility index (Phi) is 6.45. The highest BCUT2D eigenvalue weighted by Crippen LogP contribution is 1.92. The van der Waals surface area contributed by atoms with Crippen LogP contribution in [0.1, 0.15) is 13.3 Å². The van der Waals surface area contributed by atoms with Crippen LogP contribution in [0.25, 0.3) is 0 Å². The number of hydrogen-bond acceptors (Lipinski definition) is 4.